The number of hydrogen-bond donors (Lipinski definition) is 0. The van der Waals surface area contributed by atoms with E-state index in [-0.39, 0.29) is 5.82 Å². The summed E-state index contributed by atoms with van der Waals surface area (Å²) in [5, 5.41) is 0. The third-order valence-electron chi connectivity index (χ3n) is 3.15. The van der Waals surface area contributed by atoms with Crippen molar-refractivity contribution in [2.45, 2.75) is 6.61 Å². The van der Waals surface area contributed by atoms with Crippen LogP contribution in [0, 0.1) is 17.7 Å². The van der Waals surface area contributed by atoms with Crippen molar-refractivity contribution in [3.63, 3.8) is 0 Å². The molecule has 0 aliphatic rings. The van der Waals surface area contributed by atoms with Gasteiger partial charge in [-0.05, 0) is 51.7 Å². The first-order valence-electron chi connectivity index (χ1n) is 7.17. The van der Waals surface area contributed by atoms with E-state index in [2.05, 4.69) is 37.7 Å². The van der Waals surface area contributed by atoms with E-state index in [1.54, 1.807) is 12.1 Å². The summed E-state index contributed by atoms with van der Waals surface area (Å²) in [4.78, 5) is 8.26. The summed E-state index contributed by atoms with van der Waals surface area (Å²) in [6, 6.07) is 15.8. The van der Waals surface area contributed by atoms with Crippen LogP contribution in [0.25, 0.3) is 0 Å². The average molecular weight is 383 g/mol. The molecule has 0 N–H and O–H groups in total. The second-order valence-electron chi connectivity index (χ2n) is 4.87. The van der Waals surface area contributed by atoms with Crippen molar-refractivity contribution in [2.24, 2.45) is 0 Å². The van der Waals surface area contributed by atoms with E-state index in [1.165, 1.54) is 18.5 Å². The van der Waals surface area contributed by atoms with Gasteiger partial charge in [0.2, 0.25) is 5.88 Å². The van der Waals surface area contributed by atoms with Gasteiger partial charge in [-0.3, -0.25) is 0 Å². The highest BCUT2D eigenvalue weighted by molar-refractivity contribution is 9.10. The van der Waals surface area contributed by atoms with Crippen LogP contribution in [-0.2, 0) is 6.61 Å². The molecule has 1 heterocycles. The van der Waals surface area contributed by atoms with E-state index >= 15 is 0 Å². The van der Waals surface area contributed by atoms with Crippen LogP contribution in [0.2, 0.25) is 0 Å². The van der Waals surface area contributed by atoms with Gasteiger partial charge in [0, 0.05) is 5.56 Å². The summed E-state index contributed by atoms with van der Waals surface area (Å²) in [7, 11) is 0. The number of ether oxygens (including phenoxy) is 1. The summed E-state index contributed by atoms with van der Waals surface area (Å²) < 4.78 is 19.2. The van der Waals surface area contributed by atoms with E-state index in [9.17, 15) is 4.39 Å². The second kappa shape index (κ2) is 7.71. The van der Waals surface area contributed by atoms with Crippen molar-refractivity contribution in [3.05, 3.63) is 88.0 Å². The zero-order valence-corrected chi connectivity index (χ0v) is 14.1. The summed E-state index contributed by atoms with van der Waals surface area (Å²) in [5.41, 5.74) is 2.26. The number of nitrogens with zero attached hydrogens (tertiary/aromatic N) is 2. The molecule has 0 aliphatic heterocycles. The Kier molecular flexibility index (Phi) is 5.19. The van der Waals surface area contributed by atoms with Crippen molar-refractivity contribution >= 4 is 15.9 Å². The predicted octanol–water partition coefficient (Wildman–Crippen LogP) is 4.36. The molecule has 0 amide bonds. The van der Waals surface area contributed by atoms with E-state index in [0.717, 1.165) is 5.56 Å². The van der Waals surface area contributed by atoms with Crippen LogP contribution in [-0.4, -0.2) is 9.97 Å². The van der Waals surface area contributed by atoms with Gasteiger partial charge in [0.05, 0.1) is 0 Å². The van der Waals surface area contributed by atoms with Crippen molar-refractivity contribution in [2.75, 3.05) is 0 Å². The molecule has 24 heavy (non-hydrogen) atoms. The molecule has 3 nitrogen and oxygen atoms in total. The van der Waals surface area contributed by atoms with E-state index in [4.69, 9.17) is 4.74 Å². The van der Waals surface area contributed by atoms with Crippen molar-refractivity contribution in [1.29, 1.82) is 0 Å². The molecular formula is C19H12BrFN2O. The molecular weight excluding hydrogens is 371 g/mol. The lowest BCUT2D eigenvalue weighted by atomic mass is 10.2. The highest BCUT2D eigenvalue weighted by atomic mass is 79.9. The molecule has 0 fully saturated rings. The van der Waals surface area contributed by atoms with Gasteiger partial charge in [-0.25, -0.2) is 14.4 Å². The van der Waals surface area contributed by atoms with Gasteiger partial charge in [0.15, 0.2) is 0 Å². The van der Waals surface area contributed by atoms with Crippen LogP contribution in [0.5, 0.6) is 5.88 Å². The first-order chi connectivity index (χ1) is 11.7. The monoisotopic (exact) mass is 382 g/mol. The van der Waals surface area contributed by atoms with Gasteiger partial charge in [-0.1, -0.05) is 36.3 Å². The fourth-order valence-electron chi connectivity index (χ4n) is 1.93. The van der Waals surface area contributed by atoms with Gasteiger partial charge in [0.1, 0.15) is 28.9 Å². The third kappa shape index (κ3) is 4.18. The largest absolute Gasteiger partial charge is 0.472 e. The third-order valence-corrected chi connectivity index (χ3v) is 3.86. The lowest BCUT2D eigenvalue weighted by molar-refractivity contribution is 0.291. The summed E-state index contributed by atoms with van der Waals surface area (Å²) >= 11 is 3.43. The number of hydrogen-bond acceptors (Lipinski definition) is 3. The molecule has 3 aromatic rings. The maximum absolute atomic E-state index is 12.9. The molecule has 0 radical (unpaired) electrons. The highest BCUT2D eigenvalue weighted by Gasteiger charge is 2.08. The second-order valence-corrected chi connectivity index (χ2v) is 5.67. The fraction of sp³-hybridized carbons (Fsp3) is 0.0526. The quantitative estimate of drug-likeness (QED) is 0.631. The molecule has 3 rings (SSSR count). The minimum Gasteiger partial charge on any atom is -0.472 e. The van der Waals surface area contributed by atoms with E-state index in [0.29, 0.717) is 28.2 Å². The van der Waals surface area contributed by atoms with Gasteiger partial charge in [-0.15, -0.1) is 0 Å². The molecule has 5 heteroatoms. The minimum atomic E-state index is -0.291. The molecule has 0 spiro atoms. The smallest absolute Gasteiger partial charge is 0.232 e. The van der Waals surface area contributed by atoms with E-state index < -0.39 is 0 Å². The Morgan fingerprint density at radius 3 is 2.46 bits per heavy atom. The zero-order valence-electron chi connectivity index (χ0n) is 12.5. The van der Waals surface area contributed by atoms with Crippen LogP contribution in [0.4, 0.5) is 4.39 Å². The average Bonchev–Trinajstić information content (AvgIpc) is 2.62. The van der Waals surface area contributed by atoms with Gasteiger partial charge in [-0.2, -0.15) is 0 Å². The Labute approximate surface area is 147 Å². The number of rotatable bonds is 3. The van der Waals surface area contributed by atoms with Crippen molar-refractivity contribution < 1.29 is 9.13 Å². The topological polar surface area (TPSA) is 35.0 Å². The molecule has 0 atom stereocenters. The Hall–Kier alpha value is -2.71. The molecule has 2 aromatic carbocycles. The Bertz CT molecular complexity index is 887. The minimum absolute atomic E-state index is 0.291. The van der Waals surface area contributed by atoms with Crippen LogP contribution in [0.1, 0.15) is 16.8 Å². The normalized spacial score (nSPS) is 9.92. The molecule has 1 aromatic heterocycles. The zero-order chi connectivity index (χ0) is 16.8. The lowest BCUT2D eigenvalue weighted by Crippen LogP contribution is -2.00. The maximum atomic E-state index is 12.9. The first-order valence-corrected chi connectivity index (χ1v) is 7.96. The molecule has 118 valence electrons. The predicted molar refractivity (Wildman–Crippen MR) is 92.9 cm³/mol. The first kappa shape index (κ1) is 16.2. The molecule has 0 saturated carbocycles. The SMILES string of the molecule is Fc1ccc(C#Cc2ncnc(OCc3ccccc3)c2Br)cc1. The summed E-state index contributed by atoms with van der Waals surface area (Å²) in [6.07, 6.45) is 1.40. The Morgan fingerprint density at radius 2 is 1.71 bits per heavy atom. The lowest BCUT2D eigenvalue weighted by Gasteiger charge is -2.07. The van der Waals surface area contributed by atoms with Gasteiger partial charge < -0.3 is 4.74 Å². The highest BCUT2D eigenvalue weighted by Crippen LogP contribution is 2.25. The number of aromatic nitrogens is 2. The molecule has 0 saturated heterocycles. The summed E-state index contributed by atoms with van der Waals surface area (Å²) in [6.45, 7) is 0.404. The fourth-order valence-corrected chi connectivity index (χ4v) is 2.35. The van der Waals surface area contributed by atoms with Crippen LogP contribution in [0.15, 0.2) is 65.4 Å². The summed E-state index contributed by atoms with van der Waals surface area (Å²) in [5.74, 6) is 6.01. The van der Waals surface area contributed by atoms with Gasteiger partial charge >= 0.3 is 0 Å². The Balaban J connectivity index is 1.77. The van der Waals surface area contributed by atoms with Crippen LogP contribution in [0.3, 0.4) is 0 Å². The molecule has 0 unspecified atom stereocenters. The standard InChI is InChI=1S/C19H12BrFN2O/c20-18-17(11-8-14-6-9-16(21)10-7-14)22-13-23-19(18)24-12-15-4-2-1-3-5-15/h1-7,9-10,13H,12H2. The molecule has 0 aliphatic carbocycles. The maximum Gasteiger partial charge on any atom is 0.232 e. The number of benzene rings is 2. The van der Waals surface area contributed by atoms with Crippen molar-refractivity contribution in [3.8, 4) is 17.7 Å². The van der Waals surface area contributed by atoms with Crippen LogP contribution < -0.4 is 4.74 Å². The van der Waals surface area contributed by atoms with Crippen LogP contribution >= 0.6 is 15.9 Å². The van der Waals surface area contributed by atoms with Gasteiger partial charge in [0.25, 0.3) is 0 Å². The number of halogens is 2. The molecule has 0 bridgehead atoms. The van der Waals surface area contributed by atoms with Crippen molar-refractivity contribution in [1.82, 2.24) is 9.97 Å². The van der Waals surface area contributed by atoms with E-state index in [1.807, 2.05) is 30.3 Å². The Morgan fingerprint density at radius 1 is 0.958 bits per heavy atom.